The molecule has 1 N–H and O–H groups in total. The lowest BCUT2D eigenvalue weighted by atomic mass is 10.1. The molecule has 240 valence electrons. The normalized spacial score (nSPS) is 14.7. The summed E-state index contributed by atoms with van der Waals surface area (Å²) in [6, 6.07) is 17.7. The molecule has 0 aliphatic carbocycles. The quantitative estimate of drug-likeness (QED) is 0.232. The summed E-state index contributed by atoms with van der Waals surface area (Å²) in [5.41, 5.74) is 1.27. The van der Waals surface area contributed by atoms with Gasteiger partial charge in [0.15, 0.2) is 0 Å². The Morgan fingerprint density at radius 3 is 2.50 bits per heavy atom. The number of piperazine rings is 1. The molecule has 0 spiro atoms. The predicted molar refractivity (Wildman–Crippen MR) is 172 cm³/mol. The van der Waals surface area contributed by atoms with Gasteiger partial charge in [0.05, 0.1) is 32.7 Å². The molecule has 0 radical (unpaired) electrons. The van der Waals surface area contributed by atoms with E-state index in [-0.39, 0.29) is 40.3 Å². The number of nitrogens with one attached hydrogen (secondary N) is 1. The first kappa shape index (κ1) is 32.0. The number of methoxy groups -OCH3 is 3. The third kappa shape index (κ3) is 6.94. The van der Waals surface area contributed by atoms with Gasteiger partial charge in [0.2, 0.25) is 5.95 Å². The molecule has 1 atom stereocenters. The van der Waals surface area contributed by atoms with Gasteiger partial charge in [-0.25, -0.2) is 23.9 Å². The predicted octanol–water partition coefficient (Wildman–Crippen LogP) is 5.64. The van der Waals surface area contributed by atoms with Gasteiger partial charge in [0.1, 0.15) is 34.4 Å². The van der Waals surface area contributed by atoms with E-state index in [9.17, 15) is 9.59 Å². The van der Waals surface area contributed by atoms with Crippen LogP contribution in [0.25, 0.3) is 0 Å². The Labute approximate surface area is 266 Å². The lowest BCUT2D eigenvalue weighted by molar-refractivity contribution is 0.0598. The third-order valence-electron chi connectivity index (χ3n) is 7.67. The fraction of sp³-hybridized carbons (Fsp3) is 0.273. The minimum Gasteiger partial charge on any atom is -0.497 e. The summed E-state index contributed by atoms with van der Waals surface area (Å²) in [6.45, 7) is 4.40. The van der Waals surface area contributed by atoms with Gasteiger partial charge in [0.25, 0.3) is 0 Å². The number of anilines is 5. The Bertz CT molecular complexity index is 1720. The second-order valence-electron chi connectivity index (χ2n) is 10.5. The van der Waals surface area contributed by atoms with Crippen LogP contribution in [-0.4, -0.2) is 81.0 Å². The van der Waals surface area contributed by atoms with Crippen molar-refractivity contribution in [2.45, 2.75) is 13.0 Å². The van der Waals surface area contributed by atoms with E-state index in [0.717, 1.165) is 24.5 Å². The van der Waals surface area contributed by atoms with Crippen molar-refractivity contribution in [1.29, 1.82) is 0 Å². The summed E-state index contributed by atoms with van der Waals surface area (Å²) in [4.78, 5) is 40.5. The molecule has 0 bridgehead atoms. The van der Waals surface area contributed by atoms with E-state index in [1.165, 1.54) is 51.8 Å². The zero-order valence-electron chi connectivity index (χ0n) is 26.2. The number of rotatable bonds is 9. The average Bonchev–Trinajstić information content (AvgIpc) is 3.06. The smallest absolute Gasteiger partial charge is 0.425 e. The van der Waals surface area contributed by atoms with Crippen molar-refractivity contribution >= 4 is 40.9 Å². The molecule has 1 fully saturated rings. The summed E-state index contributed by atoms with van der Waals surface area (Å²) in [5.74, 6) is -0.105. The number of aromatic nitrogens is 2. The van der Waals surface area contributed by atoms with Crippen LogP contribution in [0.5, 0.6) is 17.2 Å². The van der Waals surface area contributed by atoms with E-state index in [1.807, 2.05) is 4.90 Å². The number of hydrogen-bond acceptors (Lipinski definition) is 11. The molecule has 46 heavy (non-hydrogen) atoms. The number of esters is 1. The van der Waals surface area contributed by atoms with Crippen molar-refractivity contribution in [2.75, 3.05) is 63.1 Å². The van der Waals surface area contributed by atoms with Crippen molar-refractivity contribution in [3.63, 3.8) is 0 Å². The molecule has 3 aromatic carbocycles. The van der Waals surface area contributed by atoms with Gasteiger partial charge in [-0.2, -0.15) is 4.98 Å². The second kappa shape index (κ2) is 14.1. The first-order valence-electron chi connectivity index (χ1n) is 14.5. The van der Waals surface area contributed by atoms with Gasteiger partial charge in [-0.05, 0) is 56.4 Å². The van der Waals surface area contributed by atoms with Crippen LogP contribution in [0.2, 0.25) is 0 Å². The molecule has 1 unspecified atom stereocenters. The summed E-state index contributed by atoms with van der Waals surface area (Å²) < 4.78 is 36.8. The number of carbonyl (C=O) groups is 2. The van der Waals surface area contributed by atoms with E-state index in [4.69, 9.17) is 18.9 Å². The fourth-order valence-electron chi connectivity index (χ4n) is 5.03. The highest BCUT2D eigenvalue weighted by Gasteiger charge is 2.28. The maximum atomic E-state index is 15.3. The Morgan fingerprint density at radius 2 is 1.78 bits per heavy atom. The number of amides is 1. The van der Waals surface area contributed by atoms with Crippen molar-refractivity contribution in [3.8, 4) is 17.2 Å². The van der Waals surface area contributed by atoms with Gasteiger partial charge in [-0.15, -0.1) is 0 Å². The molecular formula is C33H35FN6O6. The lowest BCUT2D eigenvalue weighted by Gasteiger charge is -2.39. The molecule has 4 aromatic rings. The standard InChI is InChI=1S/C33H35FN6O6/c1-21-20-39(17-16-38(21)2)26-12-10-22(18-25(26)34)36-32-35-15-14-30(37-32)40(27-13-11-23(43-3)19-29(27)44-4)33(42)46-28-9-7-6-8-24(28)31(41)45-5/h6-15,18-19,21H,16-17,20H2,1-5H3,(H,35,36,37). The number of halogens is 1. The summed E-state index contributed by atoms with van der Waals surface area (Å²) in [7, 11) is 6.25. The van der Waals surface area contributed by atoms with Gasteiger partial charge < -0.3 is 34.1 Å². The van der Waals surface area contributed by atoms with Crippen LogP contribution in [0.15, 0.2) is 72.9 Å². The Balaban J connectivity index is 1.47. The molecule has 13 heteroatoms. The monoisotopic (exact) mass is 630 g/mol. The van der Waals surface area contributed by atoms with Crippen LogP contribution in [0, 0.1) is 5.82 Å². The third-order valence-corrected chi connectivity index (χ3v) is 7.67. The van der Waals surface area contributed by atoms with Crippen LogP contribution in [0.1, 0.15) is 17.3 Å². The van der Waals surface area contributed by atoms with Crippen LogP contribution in [-0.2, 0) is 4.74 Å². The van der Waals surface area contributed by atoms with Gasteiger partial charge in [-0.1, -0.05) is 12.1 Å². The van der Waals surface area contributed by atoms with Crippen LogP contribution in [0.3, 0.4) is 0 Å². The molecule has 5 rings (SSSR count). The minimum atomic E-state index is -0.902. The highest BCUT2D eigenvalue weighted by Crippen LogP contribution is 2.37. The molecule has 1 aliphatic heterocycles. The van der Waals surface area contributed by atoms with E-state index in [1.54, 1.807) is 42.5 Å². The Kier molecular flexibility index (Phi) is 9.82. The Hall–Kier alpha value is -5.43. The second-order valence-corrected chi connectivity index (χ2v) is 10.5. The molecule has 1 saturated heterocycles. The summed E-state index contributed by atoms with van der Waals surface area (Å²) in [5, 5.41) is 3.02. The molecule has 1 amide bonds. The zero-order valence-corrected chi connectivity index (χ0v) is 26.2. The average molecular weight is 631 g/mol. The number of para-hydroxylation sites is 1. The van der Waals surface area contributed by atoms with Crippen LogP contribution >= 0.6 is 0 Å². The SMILES string of the molecule is COC(=O)c1ccccc1OC(=O)N(c1ccnc(Nc2ccc(N3CCN(C)C(C)C3)c(F)c2)n1)c1ccc(OC)cc1OC. The molecule has 0 saturated carbocycles. The molecule has 1 aliphatic rings. The number of nitrogens with zero attached hydrogens (tertiary/aromatic N) is 5. The molecular weight excluding hydrogens is 595 g/mol. The van der Waals surface area contributed by atoms with Crippen LogP contribution in [0.4, 0.5) is 38.0 Å². The first-order chi connectivity index (χ1) is 22.2. The lowest BCUT2D eigenvalue weighted by Crippen LogP contribution is -2.50. The molecule has 12 nitrogen and oxygen atoms in total. The van der Waals surface area contributed by atoms with E-state index >= 15 is 4.39 Å². The number of carbonyl (C=O) groups excluding carboxylic acids is 2. The number of hydrogen-bond donors (Lipinski definition) is 1. The van der Waals surface area contributed by atoms with Gasteiger partial charge in [-0.3, -0.25) is 0 Å². The van der Waals surface area contributed by atoms with Crippen molar-refractivity contribution in [3.05, 3.63) is 84.3 Å². The van der Waals surface area contributed by atoms with Gasteiger partial charge >= 0.3 is 12.1 Å². The molecule has 2 heterocycles. The van der Waals surface area contributed by atoms with E-state index in [0.29, 0.717) is 23.2 Å². The number of benzene rings is 3. The maximum absolute atomic E-state index is 15.3. The van der Waals surface area contributed by atoms with Crippen LogP contribution < -0.4 is 29.3 Å². The first-order valence-corrected chi connectivity index (χ1v) is 14.5. The number of likely N-dealkylation sites (N-methyl/N-ethyl adjacent to an activating group) is 1. The van der Waals surface area contributed by atoms with Crippen molar-refractivity contribution < 1.29 is 32.9 Å². The Morgan fingerprint density at radius 1 is 0.978 bits per heavy atom. The van der Waals surface area contributed by atoms with E-state index < -0.39 is 12.1 Å². The van der Waals surface area contributed by atoms with Crippen molar-refractivity contribution in [1.82, 2.24) is 14.9 Å². The zero-order chi connectivity index (χ0) is 32.8. The summed E-state index contributed by atoms with van der Waals surface area (Å²) >= 11 is 0. The topological polar surface area (TPSA) is 119 Å². The molecule has 1 aromatic heterocycles. The summed E-state index contributed by atoms with van der Waals surface area (Å²) in [6.07, 6.45) is 0.543. The largest absolute Gasteiger partial charge is 0.497 e. The highest BCUT2D eigenvalue weighted by atomic mass is 19.1. The van der Waals surface area contributed by atoms with Gasteiger partial charge in [0, 0.05) is 49.7 Å². The van der Waals surface area contributed by atoms with E-state index in [2.05, 4.69) is 34.2 Å². The van der Waals surface area contributed by atoms with Crippen molar-refractivity contribution in [2.24, 2.45) is 0 Å². The fourth-order valence-corrected chi connectivity index (χ4v) is 5.03. The maximum Gasteiger partial charge on any atom is 0.425 e. The number of ether oxygens (including phenoxy) is 4. The highest BCUT2D eigenvalue weighted by molar-refractivity contribution is 6.00. The minimum absolute atomic E-state index is 0.0189.